The van der Waals surface area contributed by atoms with Gasteiger partial charge >= 0.3 is 5.97 Å². The molecule has 1 aromatic carbocycles. The minimum Gasteiger partial charge on any atom is -0.495 e. The van der Waals surface area contributed by atoms with Crippen LogP contribution in [0.1, 0.15) is 20.8 Å². The van der Waals surface area contributed by atoms with Crippen LogP contribution in [0.2, 0.25) is 0 Å². The van der Waals surface area contributed by atoms with Gasteiger partial charge in [0.25, 0.3) is 0 Å². The van der Waals surface area contributed by atoms with Crippen LogP contribution in [-0.2, 0) is 14.8 Å². The van der Waals surface area contributed by atoms with Crippen LogP contribution in [0.4, 0.5) is 0 Å². The zero-order valence-electron chi connectivity index (χ0n) is 12.3. The highest BCUT2D eigenvalue weighted by molar-refractivity contribution is 9.10. The first-order valence-electron chi connectivity index (χ1n) is 6.08. The van der Waals surface area contributed by atoms with Gasteiger partial charge in [0.1, 0.15) is 17.2 Å². The summed E-state index contributed by atoms with van der Waals surface area (Å²) in [5.41, 5.74) is -0.884. The molecule has 0 amide bonds. The molecule has 1 N–H and O–H groups in total. The smallest absolute Gasteiger partial charge is 0.318 e. The molecule has 0 bridgehead atoms. The normalized spacial score (nSPS) is 12.5. The monoisotopic (exact) mass is 379 g/mol. The van der Waals surface area contributed by atoms with E-state index in [1.54, 1.807) is 26.8 Å². The number of hydrogen-bond donors (Lipinski definition) is 1. The van der Waals surface area contributed by atoms with E-state index in [0.717, 1.165) is 4.31 Å². The van der Waals surface area contributed by atoms with Crippen molar-refractivity contribution in [1.82, 2.24) is 4.31 Å². The second-order valence-corrected chi connectivity index (χ2v) is 8.12. The van der Waals surface area contributed by atoms with E-state index in [1.165, 1.54) is 19.2 Å². The Labute approximate surface area is 132 Å². The van der Waals surface area contributed by atoms with Crippen LogP contribution >= 0.6 is 15.9 Å². The van der Waals surface area contributed by atoms with E-state index >= 15 is 0 Å². The summed E-state index contributed by atoms with van der Waals surface area (Å²) < 4.78 is 32.2. The van der Waals surface area contributed by atoms with Crippen molar-refractivity contribution in [2.75, 3.05) is 13.7 Å². The third-order valence-corrected chi connectivity index (χ3v) is 5.35. The van der Waals surface area contributed by atoms with Crippen LogP contribution in [0.5, 0.6) is 5.75 Å². The Morgan fingerprint density at radius 3 is 2.38 bits per heavy atom. The Bertz CT molecular complexity index is 636. The topological polar surface area (TPSA) is 83.9 Å². The number of carboxylic acids is 1. The Balaban J connectivity index is 3.49. The summed E-state index contributed by atoms with van der Waals surface area (Å²) in [5.74, 6) is -1.06. The second kappa shape index (κ2) is 6.33. The molecule has 1 aromatic rings. The first kappa shape index (κ1) is 17.9. The Hall–Kier alpha value is -1.12. The Morgan fingerprint density at radius 1 is 1.38 bits per heavy atom. The van der Waals surface area contributed by atoms with Gasteiger partial charge in [0, 0.05) is 10.0 Å². The van der Waals surface area contributed by atoms with Gasteiger partial charge in [-0.15, -0.1) is 0 Å². The van der Waals surface area contributed by atoms with Crippen molar-refractivity contribution in [3.05, 3.63) is 22.7 Å². The Morgan fingerprint density at radius 2 is 1.95 bits per heavy atom. The maximum atomic E-state index is 12.8. The van der Waals surface area contributed by atoms with Crippen molar-refractivity contribution in [2.45, 2.75) is 31.2 Å². The van der Waals surface area contributed by atoms with Gasteiger partial charge in [0.15, 0.2) is 0 Å². The lowest BCUT2D eigenvalue weighted by Crippen LogP contribution is -2.48. The molecule has 0 saturated carbocycles. The number of nitrogens with zero attached hydrogens (tertiary/aromatic N) is 1. The lowest BCUT2D eigenvalue weighted by atomic mass is 10.1. The van der Waals surface area contributed by atoms with Crippen LogP contribution in [0.15, 0.2) is 27.6 Å². The number of hydrogen-bond acceptors (Lipinski definition) is 4. The van der Waals surface area contributed by atoms with Crippen molar-refractivity contribution < 1.29 is 23.1 Å². The number of carboxylic acid groups (broad SMARTS) is 1. The molecule has 0 fully saturated rings. The number of sulfonamides is 1. The molecule has 0 heterocycles. The molecule has 21 heavy (non-hydrogen) atoms. The van der Waals surface area contributed by atoms with Gasteiger partial charge in [-0.25, -0.2) is 8.42 Å². The van der Waals surface area contributed by atoms with E-state index in [-0.39, 0.29) is 10.6 Å². The number of rotatable bonds is 5. The molecule has 0 unspecified atom stereocenters. The first-order chi connectivity index (χ1) is 9.50. The molecule has 0 aliphatic heterocycles. The van der Waals surface area contributed by atoms with Gasteiger partial charge in [-0.05, 0) is 39.0 Å². The SMILES string of the molecule is COc1ccc(Br)cc1S(=O)(=O)N(CC(=O)O)C(C)(C)C. The molecule has 0 aliphatic rings. The van der Waals surface area contributed by atoms with E-state index in [2.05, 4.69) is 15.9 Å². The zero-order chi connectivity index (χ0) is 16.4. The predicted octanol–water partition coefficient (Wildman–Crippen LogP) is 2.33. The summed E-state index contributed by atoms with van der Waals surface area (Å²) in [6, 6.07) is 4.56. The van der Waals surface area contributed by atoms with Crippen LogP contribution in [0, 0.1) is 0 Å². The molecule has 1 rings (SSSR count). The van der Waals surface area contributed by atoms with Crippen molar-refractivity contribution in [2.24, 2.45) is 0 Å². The average molecular weight is 380 g/mol. The fourth-order valence-electron chi connectivity index (χ4n) is 1.78. The van der Waals surface area contributed by atoms with Crippen molar-refractivity contribution in [3.63, 3.8) is 0 Å². The molecule has 6 nitrogen and oxygen atoms in total. The first-order valence-corrected chi connectivity index (χ1v) is 8.31. The summed E-state index contributed by atoms with van der Waals surface area (Å²) in [4.78, 5) is 10.9. The minimum atomic E-state index is -4.02. The lowest BCUT2D eigenvalue weighted by Gasteiger charge is -2.33. The van der Waals surface area contributed by atoms with E-state index in [9.17, 15) is 13.2 Å². The van der Waals surface area contributed by atoms with Gasteiger partial charge in [-0.2, -0.15) is 4.31 Å². The van der Waals surface area contributed by atoms with Gasteiger partial charge in [-0.1, -0.05) is 15.9 Å². The van der Waals surface area contributed by atoms with Crippen LogP contribution in [0.25, 0.3) is 0 Å². The quantitative estimate of drug-likeness (QED) is 0.848. The predicted molar refractivity (Wildman–Crippen MR) is 82.0 cm³/mol. The number of aliphatic carboxylic acids is 1. The van der Waals surface area contributed by atoms with Crippen molar-refractivity contribution in [1.29, 1.82) is 0 Å². The van der Waals surface area contributed by atoms with Crippen LogP contribution < -0.4 is 4.74 Å². The second-order valence-electron chi connectivity index (χ2n) is 5.37. The molecular weight excluding hydrogens is 362 g/mol. The summed E-state index contributed by atoms with van der Waals surface area (Å²) in [5, 5.41) is 8.99. The van der Waals surface area contributed by atoms with Gasteiger partial charge < -0.3 is 9.84 Å². The number of ether oxygens (including phenoxy) is 1. The van der Waals surface area contributed by atoms with Gasteiger partial charge in [0.05, 0.1) is 7.11 Å². The molecular formula is C13H18BrNO5S. The fourth-order valence-corrected chi connectivity index (χ4v) is 4.21. The molecule has 0 spiro atoms. The fraction of sp³-hybridized carbons (Fsp3) is 0.462. The van der Waals surface area contributed by atoms with Crippen LogP contribution in [0.3, 0.4) is 0 Å². The average Bonchev–Trinajstić information content (AvgIpc) is 2.34. The Kier molecular flexibility index (Phi) is 5.40. The summed E-state index contributed by atoms with van der Waals surface area (Å²) in [6.07, 6.45) is 0. The summed E-state index contributed by atoms with van der Waals surface area (Å²) >= 11 is 3.21. The van der Waals surface area contributed by atoms with Gasteiger partial charge in [-0.3, -0.25) is 4.79 Å². The lowest BCUT2D eigenvalue weighted by molar-refractivity contribution is -0.138. The van der Waals surface area contributed by atoms with Crippen molar-refractivity contribution >= 4 is 31.9 Å². The molecule has 0 radical (unpaired) electrons. The highest BCUT2D eigenvalue weighted by Crippen LogP contribution is 2.32. The van der Waals surface area contributed by atoms with E-state index in [4.69, 9.17) is 9.84 Å². The largest absolute Gasteiger partial charge is 0.495 e. The summed E-state index contributed by atoms with van der Waals surface area (Å²) in [6.45, 7) is 4.29. The highest BCUT2D eigenvalue weighted by atomic mass is 79.9. The van der Waals surface area contributed by atoms with Crippen LogP contribution in [-0.4, -0.2) is 43.0 Å². The molecule has 0 aliphatic carbocycles. The number of carbonyl (C=O) groups is 1. The molecule has 118 valence electrons. The van der Waals surface area contributed by atoms with E-state index < -0.39 is 28.1 Å². The third kappa shape index (κ3) is 4.18. The van der Waals surface area contributed by atoms with E-state index in [1.807, 2.05) is 0 Å². The third-order valence-electron chi connectivity index (χ3n) is 2.72. The zero-order valence-corrected chi connectivity index (χ0v) is 14.7. The van der Waals surface area contributed by atoms with Gasteiger partial charge in [0.2, 0.25) is 10.0 Å². The minimum absolute atomic E-state index is 0.0736. The number of halogens is 1. The molecule has 8 heteroatoms. The molecule has 0 saturated heterocycles. The summed E-state index contributed by atoms with van der Waals surface area (Å²) in [7, 11) is -2.66. The maximum absolute atomic E-state index is 12.8. The van der Waals surface area contributed by atoms with E-state index in [0.29, 0.717) is 4.47 Å². The number of benzene rings is 1. The molecule has 0 atom stereocenters. The highest BCUT2D eigenvalue weighted by Gasteiger charge is 2.37. The number of methoxy groups -OCH3 is 1. The molecule has 0 aromatic heterocycles. The maximum Gasteiger partial charge on any atom is 0.318 e. The van der Waals surface area contributed by atoms with Crippen molar-refractivity contribution in [3.8, 4) is 5.75 Å². The standard InChI is InChI=1S/C13H18BrNO5S/c1-13(2,3)15(8-12(16)17)21(18,19)11-7-9(14)5-6-10(11)20-4/h5-7H,8H2,1-4H3,(H,16,17).